The van der Waals surface area contributed by atoms with Gasteiger partial charge < -0.3 is 38.6 Å². The number of carbonyl (C=O) groups excluding carboxylic acids is 1. The summed E-state index contributed by atoms with van der Waals surface area (Å²) in [6.45, 7) is 0.722. The Balaban J connectivity index is 1.32. The third kappa shape index (κ3) is 7.80. The number of benzene rings is 4. The van der Waals surface area contributed by atoms with Crippen molar-refractivity contribution in [2.24, 2.45) is 0 Å². The summed E-state index contributed by atoms with van der Waals surface area (Å²) in [6.07, 6.45) is 4.22. The number of rotatable bonds is 14. The van der Waals surface area contributed by atoms with Crippen molar-refractivity contribution in [2.45, 2.75) is 63.6 Å². The van der Waals surface area contributed by atoms with Crippen LogP contribution >= 0.6 is 0 Å². The zero-order valence-corrected chi connectivity index (χ0v) is 28.1. The Bertz CT molecular complexity index is 1640. The number of nitrogens with zero attached hydrogens (tertiary/aromatic N) is 1. The molecule has 0 spiro atoms. The molecule has 2 heterocycles. The number of methoxy groups -OCH3 is 3. The van der Waals surface area contributed by atoms with Gasteiger partial charge in [-0.3, -0.25) is 4.79 Å². The van der Waals surface area contributed by atoms with Crippen LogP contribution in [0.2, 0.25) is 0 Å². The van der Waals surface area contributed by atoms with E-state index in [1.54, 1.807) is 33.5 Å². The molecule has 6 rings (SSSR count). The zero-order chi connectivity index (χ0) is 33.5. The van der Waals surface area contributed by atoms with Gasteiger partial charge in [0.2, 0.25) is 5.75 Å². The Morgan fingerprint density at radius 3 is 1.52 bits per heavy atom. The maximum absolute atomic E-state index is 14.0. The summed E-state index contributed by atoms with van der Waals surface area (Å²) in [7, 11) is 7.11. The van der Waals surface area contributed by atoms with E-state index >= 15 is 0 Å². The predicted octanol–water partition coefficient (Wildman–Crippen LogP) is 6.80. The molecular formula is C39H44N2O7. The van der Waals surface area contributed by atoms with Crippen molar-refractivity contribution >= 4 is 5.91 Å². The summed E-state index contributed by atoms with van der Waals surface area (Å²) in [5.41, 5.74) is 3.20. The molecule has 252 valence electrons. The van der Waals surface area contributed by atoms with Crippen molar-refractivity contribution in [3.63, 3.8) is 0 Å². The highest BCUT2D eigenvalue weighted by atomic mass is 16.5. The first-order chi connectivity index (χ1) is 23.4. The monoisotopic (exact) mass is 652 g/mol. The second-order valence-electron chi connectivity index (χ2n) is 12.4. The van der Waals surface area contributed by atoms with Crippen LogP contribution < -0.4 is 33.7 Å². The summed E-state index contributed by atoms with van der Waals surface area (Å²) in [5, 5.41) is 3.33. The fraction of sp³-hybridized carbons (Fsp3) is 0.359. The van der Waals surface area contributed by atoms with Gasteiger partial charge in [-0.15, -0.1) is 0 Å². The number of hydrogen-bond donors (Lipinski definition) is 1. The van der Waals surface area contributed by atoms with Crippen LogP contribution in [-0.4, -0.2) is 57.3 Å². The van der Waals surface area contributed by atoms with Crippen LogP contribution in [0.1, 0.15) is 52.7 Å². The molecule has 2 aliphatic rings. The Kier molecular flexibility index (Phi) is 10.6. The van der Waals surface area contributed by atoms with Gasteiger partial charge in [-0.2, -0.15) is 0 Å². The van der Waals surface area contributed by atoms with Crippen molar-refractivity contribution in [1.29, 1.82) is 0 Å². The lowest BCUT2D eigenvalue weighted by molar-refractivity contribution is 0.0876. The lowest BCUT2D eigenvalue weighted by atomic mass is 9.97. The molecular weight excluding hydrogens is 608 g/mol. The molecule has 2 saturated heterocycles. The van der Waals surface area contributed by atoms with E-state index in [1.165, 1.54) is 12.8 Å². The largest absolute Gasteiger partial charge is 0.497 e. The summed E-state index contributed by atoms with van der Waals surface area (Å²) in [6, 6.07) is 27.7. The lowest BCUT2D eigenvalue weighted by Crippen LogP contribution is -2.48. The zero-order valence-electron chi connectivity index (χ0n) is 28.1. The van der Waals surface area contributed by atoms with Crippen LogP contribution in [0, 0.1) is 0 Å². The number of ether oxygens (including phenoxy) is 6. The van der Waals surface area contributed by atoms with Gasteiger partial charge >= 0.3 is 0 Å². The van der Waals surface area contributed by atoms with Gasteiger partial charge in [0, 0.05) is 18.1 Å². The van der Waals surface area contributed by atoms with E-state index in [0.29, 0.717) is 34.9 Å². The quantitative estimate of drug-likeness (QED) is 0.159. The Morgan fingerprint density at radius 1 is 0.625 bits per heavy atom. The summed E-state index contributed by atoms with van der Waals surface area (Å²) < 4.78 is 35.3. The van der Waals surface area contributed by atoms with Gasteiger partial charge in [0.05, 0.1) is 26.9 Å². The van der Waals surface area contributed by atoms with Gasteiger partial charge in [0.15, 0.2) is 11.5 Å². The van der Waals surface area contributed by atoms with Crippen molar-refractivity contribution in [3.8, 4) is 34.5 Å². The second kappa shape index (κ2) is 15.3. The molecule has 4 aromatic carbocycles. The number of amides is 1. The molecule has 1 N–H and O–H groups in total. The SMILES string of the molecule is COc1ccc(COc2ccc(C(=O)N[C@H]3C[C@H]4CC[C@@H](C3)N4C)c(OCc3ccc(OC)cc3)c2OCc2ccc(OC)cc2)cc1. The molecule has 9 nitrogen and oxygen atoms in total. The molecule has 0 aliphatic carbocycles. The van der Waals surface area contributed by atoms with Crippen LogP contribution in [-0.2, 0) is 19.8 Å². The molecule has 0 aromatic heterocycles. The highest BCUT2D eigenvalue weighted by Crippen LogP contribution is 2.42. The highest BCUT2D eigenvalue weighted by Gasteiger charge is 2.39. The molecule has 0 unspecified atom stereocenters. The van der Waals surface area contributed by atoms with Crippen molar-refractivity contribution in [1.82, 2.24) is 10.2 Å². The number of piperidine rings is 1. The fourth-order valence-electron chi connectivity index (χ4n) is 6.55. The van der Waals surface area contributed by atoms with E-state index in [1.807, 2.05) is 72.8 Å². The normalized spacial score (nSPS) is 18.5. The third-order valence-electron chi connectivity index (χ3n) is 9.39. The first kappa shape index (κ1) is 33.0. The van der Waals surface area contributed by atoms with Crippen molar-refractivity contribution in [2.75, 3.05) is 28.4 Å². The van der Waals surface area contributed by atoms with E-state index in [9.17, 15) is 4.79 Å². The molecule has 2 aliphatic heterocycles. The molecule has 1 amide bonds. The van der Waals surface area contributed by atoms with Crippen LogP contribution in [0.3, 0.4) is 0 Å². The molecule has 9 heteroatoms. The molecule has 48 heavy (non-hydrogen) atoms. The Labute approximate surface area is 282 Å². The summed E-state index contributed by atoms with van der Waals surface area (Å²) in [5.74, 6) is 3.26. The van der Waals surface area contributed by atoms with Crippen LogP contribution in [0.4, 0.5) is 0 Å². The predicted molar refractivity (Wildman–Crippen MR) is 183 cm³/mol. The van der Waals surface area contributed by atoms with Crippen molar-refractivity contribution in [3.05, 3.63) is 107 Å². The molecule has 0 saturated carbocycles. The highest BCUT2D eigenvalue weighted by molar-refractivity contribution is 5.98. The van der Waals surface area contributed by atoms with E-state index in [-0.39, 0.29) is 31.8 Å². The second-order valence-corrected chi connectivity index (χ2v) is 12.4. The maximum atomic E-state index is 14.0. The standard InChI is InChI=1S/C39H44N2O7/c1-41-30-11-12-31(41)22-29(21-30)40-39(42)35-19-20-36(46-23-26-5-13-32(43-2)14-6-26)38(48-25-28-9-17-34(45-4)18-10-28)37(35)47-24-27-7-15-33(44-3)16-8-27/h5-10,13-20,29-31H,11-12,21-25H2,1-4H3,(H,40,42)/t29-,30+,31-. The van der Waals surface area contributed by atoms with Crippen LogP contribution in [0.15, 0.2) is 84.9 Å². The first-order valence-electron chi connectivity index (χ1n) is 16.4. The minimum absolute atomic E-state index is 0.0929. The number of fused-ring (bicyclic) bond motifs is 2. The Morgan fingerprint density at radius 2 is 1.06 bits per heavy atom. The molecule has 2 fully saturated rings. The minimum atomic E-state index is -0.190. The maximum Gasteiger partial charge on any atom is 0.255 e. The molecule has 3 atom stereocenters. The van der Waals surface area contributed by atoms with Gasteiger partial charge in [0.1, 0.15) is 37.1 Å². The third-order valence-corrected chi connectivity index (χ3v) is 9.39. The lowest BCUT2D eigenvalue weighted by Gasteiger charge is -2.36. The topological polar surface area (TPSA) is 87.7 Å². The molecule has 4 aromatic rings. The van der Waals surface area contributed by atoms with Gasteiger partial charge in [-0.1, -0.05) is 36.4 Å². The fourth-order valence-corrected chi connectivity index (χ4v) is 6.55. The van der Waals surface area contributed by atoms with Gasteiger partial charge in [-0.05, 0) is 98.0 Å². The molecule has 2 bridgehead atoms. The first-order valence-corrected chi connectivity index (χ1v) is 16.4. The average Bonchev–Trinajstić information content (AvgIpc) is 3.32. The summed E-state index contributed by atoms with van der Waals surface area (Å²) in [4.78, 5) is 16.5. The average molecular weight is 653 g/mol. The van der Waals surface area contributed by atoms with Crippen molar-refractivity contribution < 1.29 is 33.2 Å². The Hall–Kier alpha value is -4.89. The van der Waals surface area contributed by atoms with E-state index in [0.717, 1.165) is 46.8 Å². The summed E-state index contributed by atoms with van der Waals surface area (Å²) >= 11 is 0. The van der Waals surface area contributed by atoms with E-state index < -0.39 is 0 Å². The van der Waals surface area contributed by atoms with Crippen LogP contribution in [0.5, 0.6) is 34.5 Å². The molecule has 0 radical (unpaired) electrons. The minimum Gasteiger partial charge on any atom is -0.497 e. The van der Waals surface area contributed by atoms with Gasteiger partial charge in [0.25, 0.3) is 5.91 Å². The van der Waals surface area contributed by atoms with Gasteiger partial charge in [-0.25, -0.2) is 0 Å². The number of nitrogens with one attached hydrogen (secondary N) is 1. The number of hydrogen-bond acceptors (Lipinski definition) is 8. The number of carbonyl (C=O) groups is 1. The smallest absolute Gasteiger partial charge is 0.255 e. The van der Waals surface area contributed by atoms with Crippen LogP contribution in [0.25, 0.3) is 0 Å². The van der Waals surface area contributed by atoms with E-state index in [2.05, 4.69) is 17.3 Å². The van der Waals surface area contributed by atoms with E-state index in [4.69, 9.17) is 28.4 Å².